The molecule has 1 amide bonds. The number of hydrazine groups is 1. The van der Waals surface area contributed by atoms with E-state index in [9.17, 15) is 4.79 Å². The minimum atomic E-state index is -0.242. The number of nitrogens with one attached hydrogen (secondary N) is 2. The van der Waals surface area contributed by atoms with Gasteiger partial charge in [0.25, 0.3) is 5.91 Å². The van der Waals surface area contributed by atoms with Gasteiger partial charge in [0.1, 0.15) is 11.3 Å². The standard InChI is InChI=1S/C17H17N5O2/c1-12(11-22-16-6-4-3-5-15(16)19-21-22)18-20-17(23)13-7-9-14(24-2)10-8-13/h3-11,18H,1-2H3,(H,20,23)/b12-11+. The molecule has 1 heterocycles. The van der Waals surface area contributed by atoms with Crippen LogP contribution in [-0.4, -0.2) is 28.0 Å². The van der Waals surface area contributed by atoms with Crippen molar-refractivity contribution in [3.05, 3.63) is 59.8 Å². The van der Waals surface area contributed by atoms with Crippen molar-refractivity contribution in [1.29, 1.82) is 0 Å². The fourth-order valence-electron chi connectivity index (χ4n) is 2.17. The van der Waals surface area contributed by atoms with E-state index in [0.29, 0.717) is 17.0 Å². The number of hydrogen-bond donors (Lipinski definition) is 2. The molecule has 0 saturated carbocycles. The van der Waals surface area contributed by atoms with Crippen LogP contribution in [0, 0.1) is 0 Å². The molecule has 2 N–H and O–H groups in total. The quantitative estimate of drug-likeness (QED) is 0.704. The molecule has 122 valence electrons. The Morgan fingerprint density at radius 3 is 2.62 bits per heavy atom. The molecule has 7 heteroatoms. The third kappa shape index (κ3) is 3.35. The zero-order chi connectivity index (χ0) is 16.9. The highest BCUT2D eigenvalue weighted by Crippen LogP contribution is 2.11. The molecular weight excluding hydrogens is 306 g/mol. The van der Waals surface area contributed by atoms with Gasteiger partial charge in [0, 0.05) is 11.3 Å². The summed E-state index contributed by atoms with van der Waals surface area (Å²) in [5.41, 5.74) is 8.43. The molecule has 0 unspecified atom stereocenters. The summed E-state index contributed by atoms with van der Waals surface area (Å²) < 4.78 is 6.72. The third-order valence-electron chi connectivity index (χ3n) is 3.42. The second kappa shape index (κ2) is 6.82. The van der Waals surface area contributed by atoms with Crippen LogP contribution < -0.4 is 15.6 Å². The van der Waals surface area contributed by atoms with Gasteiger partial charge in [-0.15, -0.1) is 5.10 Å². The predicted octanol–water partition coefficient (Wildman–Crippen LogP) is 2.19. The van der Waals surface area contributed by atoms with Crippen LogP contribution >= 0.6 is 0 Å². The smallest absolute Gasteiger partial charge is 0.269 e. The largest absolute Gasteiger partial charge is 0.497 e. The summed E-state index contributed by atoms with van der Waals surface area (Å²) in [5.74, 6) is 0.461. The number of para-hydroxylation sites is 1. The van der Waals surface area contributed by atoms with Crippen LogP contribution in [0.2, 0.25) is 0 Å². The first-order valence-corrected chi connectivity index (χ1v) is 7.36. The zero-order valence-corrected chi connectivity index (χ0v) is 13.4. The summed E-state index contributed by atoms with van der Waals surface area (Å²) >= 11 is 0. The normalized spacial score (nSPS) is 11.3. The SMILES string of the molecule is COc1ccc(C(=O)NN/C(C)=C/n2nnc3ccccc32)cc1. The second-order valence-corrected chi connectivity index (χ2v) is 5.14. The maximum absolute atomic E-state index is 12.1. The van der Waals surface area contributed by atoms with Crippen molar-refractivity contribution in [2.75, 3.05) is 7.11 Å². The van der Waals surface area contributed by atoms with Gasteiger partial charge < -0.3 is 10.2 Å². The molecular formula is C17H17N5O2. The van der Waals surface area contributed by atoms with E-state index in [0.717, 1.165) is 11.0 Å². The summed E-state index contributed by atoms with van der Waals surface area (Å²) in [6, 6.07) is 14.5. The van der Waals surface area contributed by atoms with Gasteiger partial charge in [0.05, 0.1) is 18.8 Å². The Balaban J connectivity index is 1.66. The monoisotopic (exact) mass is 323 g/mol. The molecule has 24 heavy (non-hydrogen) atoms. The minimum absolute atomic E-state index is 0.242. The fourth-order valence-corrected chi connectivity index (χ4v) is 2.17. The van der Waals surface area contributed by atoms with Crippen LogP contribution in [0.5, 0.6) is 5.75 Å². The van der Waals surface area contributed by atoms with Gasteiger partial charge in [-0.3, -0.25) is 10.2 Å². The van der Waals surface area contributed by atoms with E-state index >= 15 is 0 Å². The fraction of sp³-hybridized carbons (Fsp3) is 0.118. The lowest BCUT2D eigenvalue weighted by atomic mass is 10.2. The number of fused-ring (bicyclic) bond motifs is 1. The van der Waals surface area contributed by atoms with E-state index in [1.807, 2.05) is 31.2 Å². The van der Waals surface area contributed by atoms with Gasteiger partial charge in [-0.25, -0.2) is 4.68 Å². The van der Waals surface area contributed by atoms with E-state index in [-0.39, 0.29) is 5.91 Å². The topological polar surface area (TPSA) is 81.1 Å². The maximum atomic E-state index is 12.1. The van der Waals surface area contributed by atoms with E-state index in [1.165, 1.54) is 0 Å². The molecule has 0 radical (unpaired) electrons. The van der Waals surface area contributed by atoms with Crippen LogP contribution in [-0.2, 0) is 0 Å². The first-order chi connectivity index (χ1) is 11.7. The summed E-state index contributed by atoms with van der Waals surface area (Å²) in [6.45, 7) is 1.82. The van der Waals surface area contributed by atoms with Crippen molar-refractivity contribution in [2.45, 2.75) is 6.92 Å². The molecule has 1 aromatic heterocycles. The van der Waals surface area contributed by atoms with Crippen molar-refractivity contribution in [3.8, 4) is 5.75 Å². The van der Waals surface area contributed by atoms with Crippen LogP contribution in [0.4, 0.5) is 0 Å². The van der Waals surface area contributed by atoms with Gasteiger partial charge in [-0.1, -0.05) is 17.3 Å². The van der Waals surface area contributed by atoms with Crippen molar-refractivity contribution >= 4 is 23.1 Å². The molecule has 0 atom stereocenters. The highest BCUT2D eigenvalue weighted by Gasteiger charge is 2.05. The number of nitrogens with zero attached hydrogens (tertiary/aromatic N) is 3. The number of amides is 1. The molecule has 0 aliphatic heterocycles. The van der Waals surface area contributed by atoms with Crippen LogP contribution in [0.15, 0.2) is 54.2 Å². The van der Waals surface area contributed by atoms with Gasteiger partial charge in [-0.2, -0.15) is 0 Å². The van der Waals surface area contributed by atoms with Crippen LogP contribution in [0.1, 0.15) is 17.3 Å². The molecule has 3 aromatic rings. The zero-order valence-electron chi connectivity index (χ0n) is 13.4. The Morgan fingerprint density at radius 2 is 1.88 bits per heavy atom. The minimum Gasteiger partial charge on any atom is -0.497 e. The number of aromatic nitrogens is 3. The molecule has 2 aromatic carbocycles. The van der Waals surface area contributed by atoms with Crippen molar-refractivity contribution < 1.29 is 9.53 Å². The number of methoxy groups -OCH3 is 1. The van der Waals surface area contributed by atoms with Crippen molar-refractivity contribution in [3.63, 3.8) is 0 Å². The molecule has 0 bridgehead atoms. The number of carbonyl (C=O) groups excluding carboxylic acids is 1. The maximum Gasteiger partial charge on any atom is 0.269 e. The Hall–Kier alpha value is -3.35. The molecule has 3 rings (SSSR count). The summed E-state index contributed by atoms with van der Waals surface area (Å²) in [7, 11) is 1.58. The number of carbonyl (C=O) groups is 1. The molecule has 0 saturated heterocycles. The average Bonchev–Trinajstić information content (AvgIpc) is 3.03. The second-order valence-electron chi connectivity index (χ2n) is 5.14. The molecule has 0 spiro atoms. The Morgan fingerprint density at radius 1 is 1.12 bits per heavy atom. The highest BCUT2D eigenvalue weighted by atomic mass is 16.5. The number of hydrogen-bond acceptors (Lipinski definition) is 5. The first kappa shape index (κ1) is 15.5. The average molecular weight is 323 g/mol. The van der Waals surface area contributed by atoms with E-state index in [2.05, 4.69) is 21.2 Å². The Bertz CT molecular complexity index is 883. The summed E-state index contributed by atoms with van der Waals surface area (Å²) in [4.78, 5) is 12.1. The van der Waals surface area contributed by atoms with Gasteiger partial charge in [0.15, 0.2) is 0 Å². The van der Waals surface area contributed by atoms with Crippen LogP contribution in [0.25, 0.3) is 17.2 Å². The number of benzene rings is 2. The van der Waals surface area contributed by atoms with Crippen molar-refractivity contribution in [2.24, 2.45) is 0 Å². The van der Waals surface area contributed by atoms with Gasteiger partial charge in [0.2, 0.25) is 0 Å². The number of ether oxygens (including phenoxy) is 1. The third-order valence-corrected chi connectivity index (χ3v) is 3.42. The Labute approximate surface area is 138 Å². The van der Waals surface area contributed by atoms with E-state index in [4.69, 9.17) is 4.74 Å². The lowest BCUT2D eigenvalue weighted by Gasteiger charge is -2.09. The van der Waals surface area contributed by atoms with Gasteiger partial charge >= 0.3 is 0 Å². The molecule has 0 aliphatic carbocycles. The Kier molecular flexibility index (Phi) is 4.42. The molecule has 7 nitrogen and oxygen atoms in total. The predicted molar refractivity (Wildman–Crippen MR) is 91.1 cm³/mol. The lowest BCUT2D eigenvalue weighted by Crippen LogP contribution is -2.36. The first-order valence-electron chi connectivity index (χ1n) is 7.36. The van der Waals surface area contributed by atoms with Gasteiger partial charge in [-0.05, 0) is 43.3 Å². The highest BCUT2D eigenvalue weighted by molar-refractivity contribution is 5.94. The number of allylic oxidation sites excluding steroid dienone is 1. The van der Waals surface area contributed by atoms with E-state index < -0.39 is 0 Å². The van der Waals surface area contributed by atoms with Crippen LogP contribution in [0.3, 0.4) is 0 Å². The van der Waals surface area contributed by atoms with Crippen molar-refractivity contribution in [1.82, 2.24) is 25.8 Å². The molecule has 0 fully saturated rings. The molecule has 0 aliphatic rings. The van der Waals surface area contributed by atoms with E-state index in [1.54, 1.807) is 42.3 Å². The lowest BCUT2D eigenvalue weighted by molar-refractivity contribution is 0.0939. The summed E-state index contributed by atoms with van der Waals surface area (Å²) in [6.07, 6.45) is 1.75. The summed E-state index contributed by atoms with van der Waals surface area (Å²) in [5, 5.41) is 8.14. The number of rotatable bonds is 5.